The Labute approximate surface area is 182 Å². The highest BCUT2D eigenvalue weighted by Crippen LogP contribution is 2.57. The van der Waals surface area contributed by atoms with Crippen LogP contribution < -0.4 is 0 Å². The predicted molar refractivity (Wildman–Crippen MR) is 128 cm³/mol. The molecule has 2 unspecified atom stereocenters. The Kier molecular flexibility index (Phi) is 4.67. The van der Waals surface area contributed by atoms with E-state index < -0.39 is 17.1 Å². The van der Waals surface area contributed by atoms with Crippen molar-refractivity contribution in [3.8, 4) is 0 Å². The summed E-state index contributed by atoms with van der Waals surface area (Å²) in [5.74, 6) is 0. The van der Waals surface area contributed by atoms with Crippen molar-refractivity contribution in [2.45, 2.75) is 49.4 Å². The van der Waals surface area contributed by atoms with Gasteiger partial charge in [-0.3, -0.25) is 0 Å². The van der Waals surface area contributed by atoms with E-state index in [9.17, 15) is 0 Å². The van der Waals surface area contributed by atoms with Gasteiger partial charge in [-0.25, -0.2) is 0 Å². The van der Waals surface area contributed by atoms with Crippen molar-refractivity contribution in [1.82, 2.24) is 0 Å². The minimum atomic E-state index is -1.57. The van der Waals surface area contributed by atoms with Crippen LogP contribution in [0, 0.1) is 0 Å². The van der Waals surface area contributed by atoms with Crippen LogP contribution in [0.25, 0.3) is 10.8 Å². The molecule has 2 radical (unpaired) electrons. The molecule has 0 nitrogen and oxygen atoms in total. The monoisotopic (exact) mass is 440 g/mol. The summed E-state index contributed by atoms with van der Waals surface area (Å²) in [6.07, 6.45) is 0. The smallest absolute Gasteiger partial charge is 0.114 e. The van der Waals surface area contributed by atoms with Crippen LogP contribution in [0.1, 0.15) is 43.0 Å². The largest absolute Gasteiger partial charge is 0.118 e. The molecule has 2 atom stereocenters. The molecule has 0 aromatic heterocycles. The number of hydrogen-bond acceptors (Lipinski definition) is 0. The molecule has 0 bridgehead atoms. The van der Waals surface area contributed by atoms with Crippen molar-refractivity contribution >= 4 is 51.6 Å². The van der Waals surface area contributed by atoms with E-state index in [1.54, 1.807) is 0 Å². The first kappa shape index (κ1) is 20.2. The van der Waals surface area contributed by atoms with E-state index in [-0.39, 0.29) is 0 Å². The molecule has 0 fully saturated rings. The van der Waals surface area contributed by atoms with Gasteiger partial charge in [0.05, 0.1) is 17.1 Å². The van der Waals surface area contributed by atoms with Crippen molar-refractivity contribution < 1.29 is 0 Å². The van der Waals surface area contributed by atoms with Crippen molar-refractivity contribution in [3.05, 3.63) is 81.9 Å². The molecule has 2 aliphatic carbocycles. The highest BCUT2D eigenvalue weighted by atomic mass is 35.5. The second-order valence-corrected chi connectivity index (χ2v) is 17.6. The van der Waals surface area contributed by atoms with Gasteiger partial charge in [-0.15, -0.1) is 23.2 Å². The lowest BCUT2D eigenvalue weighted by Gasteiger charge is -2.35. The second-order valence-electron chi connectivity index (χ2n) is 9.03. The van der Waals surface area contributed by atoms with Crippen LogP contribution in [0.5, 0.6) is 0 Å². The number of halogens is 2. The molecule has 28 heavy (non-hydrogen) atoms. The van der Waals surface area contributed by atoms with E-state index in [1.165, 1.54) is 44.2 Å². The molecule has 2 aromatic rings. The van der Waals surface area contributed by atoms with Crippen LogP contribution in [0.15, 0.2) is 59.7 Å². The predicted octanol–water partition coefficient (Wildman–Crippen LogP) is 7.35. The fourth-order valence-electron chi connectivity index (χ4n) is 4.88. The van der Waals surface area contributed by atoms with E-state index >= 15 is 0 Å². The summed E-state index contributed by atoms with van der Waals surface area (Å²) >= 11 is 15.0. The Hall–Kier alpha value is -1.07. The first-order valence-electron chi connectivity index (χ1n) is 9.78. The molecule has 0 saturated carbocycles. The molecular formula is C24H26Cl2Si2. The van der Waals surface area contributed by atoms with E-state index in [4.69, 9.17) is 23.2 Å². The zero-order chi connectivity index (χ0) is 20.5. The summed E-state index contributed by atoms with van der Waals surface area (Å²) in [7, 11) is -1.24. The molecule has 4 heteroatoms. The first-order valence-corrected chi connectivity index (χ1v) is 15.0. The molecule has 144 valence electrons. The molecule has 0 amide bonds. The maximum Gasteiger partial charge on any atom is 0.118 e. The van der Waals surface area contributed by atoms with Crippen molar-refractivity contribution in [2.24, 2.45) is 0 Å². The number of hydrogen-bond donors (Lipinski definition) is 0. The summed E-state index contributed by atoms with van der Waals surface area (Å²) in [4.78, 5) is 0. The third kappa shape index (κ3) is 2.69. The van der Waals surface area contributed by atoms with Crippen LogP contribution in [-0.4, -0.2) is 17.6 Å². The number of fused-ring (bicyclic) bond motifs is 2. The Morgan fingerprint density at radius 1 is 0.714 bits per heavy atom. The van der Waals surface area contributed by atoms with Crippen LogP contribution >= 0.6 is 23.2 Å². The van der Waals surface area contributed by atoms with E-state index in [0.717, 1.165) is 0 Å². The van der Waals surface area contributed by atoms with Crippen LogP contribution in [0.3, 0.4) is 0 Å². The average molecular weight is 442 g/mol. The Morgan fingerprint density at radius 2 is 1.18 bits per heavy atom. The molecule has 0 saturated heterocycles. The normalized spacial score (nSPS) is 26.7. The molecule has 2 aromatic carbocycles. The van der Waals surface area contributed by atoms with Gasteiger partial charge in [0.15, 0.2) is 0 Å². The van der Waals surface area contributed by atoms with Crippen molar-refractivity contribution in [3.63, 3.8) is 0 Å². The van der Waals surface area contributed by atoms with Crippen molar-refractivity contribution in [1.29, 1.82) is 0 Å². The molecule has 0 heterocycles. The Bertz CT molecular complexity index is 1040. The molecule has 4 rings (SSSR count). The summed E-state index contributed by atoms with van der Waals surface area (Å²) in [5.41, 5.74) is 8.88. The SMILES string of the molecule is CC1=C(C)C(Cl)([Si]C2(Cl)C(C)=C([Si](C)(C)C)c3ccccc32)c2ccccc21. The topological polar surface area (TPSA) is 0 Å². The van der Waals surface area contributed by atoms with Gasteiger partial charge >= 0.3 is 0 Å². The lowest BCUT2D eigenvalue weighted by molar-refractivity contribution is 0.925. The van der Waals surface area contributed by atoms with Crippen molar-refractivity contribution in [2.75, 3.05) is 0 Å². The zero-order valence-electron chi connectivity index (χ0n) is 17.4. The van der Waals surface area contributed by atoms with Gasteiger partial charge in [0.2, 0.25) is 0 Å². The molecule has 0 spiro atoms. The maximum atomic E-state index is 7.57. The number of alkyl halides is 2. The van der Waals surface area contributed by atoms with Gasteiger partial charge in [0.25, 0.3) is 0 Å². The van der Waals surface area contributed by atoms with Crippen LogP contribution in [0.4, 0.5) is 0 Å². The highest BCUT2D eigenvalue weighted by Gasteiger charge is 2.52. The lowest BCUT2D eigenvalue weighted by atomic mass is 10.1. The minimum Gasteiger partial charge on any atom is -0.114 e. The Balaban J connectivity index is 1.92. The van der Waals surface area contributed by atoms with Gasteiger partial charge in [-0.05, 0) is 54.2 Å². The number of allylic oxidation sites excluding steroid dienone is 3. The molecule has 0 N–H and O–H groups in total. The van der Waals surface area contributed by atoms with Gasteiger partial charge < -0.3 is 0 Å². The summed E-state index contributed by atoms with van der Waals surface area (Å²) < 4.78 is -1.10. The van der Waals surface area contributed by atoms with Crippen LogP contribution in [-0.2, 0) is 8.99 Å². The third-order valence-corrected chi connectivity index (χ3v) is 12.0. The van der Waals surface area contributed by atoms with E-state index in [0.29, 0.717) is 9.52 Å². The number of rotatable bonds is 3. The minimum absolute atomic E-state index is 0.328. The first-order chi connectivity index (χ1) is 13.0. The van der Waals surface area contributed by atoms with Gasteiger partial charge in [0.1, 0.15) is 9.52 Å². The van der Waals surface area contributed by atoms with E-state index in [2.05, 4.69) is 88.9 Å². The lowest BCUT2D eigenvalue weighted by Crippen LogP contribution is -2.40. The van der Waals surface area contributed by atoms with Gasteiger partial charge in [0, 0.05) is 0 Å². The average Bonchev–Trinajstić information content (AvgIpc) is 2.97. The molecule has 0 aliphatic heterocycles. The second kappa shape index (κ2) is 6.47. The Morgan fingerprint density at radius 3 is 1.75 bits per heavy atom. The van der Waals surface area contributed by atoms with Gasteiger partial charge in [-0.2, -0.15) is 0 Å². The molecular weight excluding hydrogens is 415 g/mol. The summed E-state index contributed by atoms with van der Waals surface area (Å²) in [6.45, 7) is 13.8. The maximum absolute atomic E-state index is 7.57. The zero-order valence-corrected chi connectivity index (χ0v) is 20.9. The quantitative estimate of drug-likeness (QED) is 0.345. The fraction of sp³-hybridized carbons (Fsp3) is 0.333. The molecule has 2 aliphatic rings. The van der Waals surface area contributed by atoms with E-state index in [1.807, 2.05) is 0 Å². The number of benzene rings is 2. The van der Waals surface area contributed by atoms with Gasteiger partial charge in [-0.1, -0.05) is 78.9 Å². The summed E-state index contributed by atoms with van der Waals surface area (Å²) in [6, 6.07) is 17.2. The highest BCUT2D eigenvalue weighted by molar-refractivity contribution is 6.94. The van der Waals surface area contributed by atoms with Crippen LogP contribution in [0.2, 0.25) is 19.6 Å². The summed E-state index contributed by atoms with van der Waals surface area (Å²) in [5, 5.41) is 1.50. The third-order valence-electron chi connectivity index (χ3n) is 6.34. The standard InChI is InChI=1S/C24H26Cl2Si2/c1-15-16(2)23(25,20-13-9-7-11-18(15)20)27-24(26)17(3)22(28(4,5)6)19-12-8-10-14-21(19)24/h7-14H,1-6H3. The fourth-order valence-corrected chi connectivity index (χ4v) is 10.8.